The normalized spacial score (nSPS) is 29.1. The van der Waals surface area contributed by atoms with Crippen molar-refractivity contribution in [3.8, 4) is 6.07 Å². The number of ether oxygens (including phenoxy) is 1. The molecule has 0 aromatic rings. The first-order valence-electron chi connectivity index (χ1n) is 12.2. The first-order valence-corrected chi connectivity index (χ1v) is 12.2. The SMILES string of the molecule is CC(C)C[C@@H]1NC(=O)[C@@H](NC(=O)OC(C)(C)C)CCCC[C@H]2CNC(=O)[C@H]2C[C@@H](C#N)NC1=O. The molecule has 0 aromatic heterocycles. The maximum Gasteiger partial charge on any atom is 0.408 e. The second kappa shape index (κ2) is 12.0. The van der Waals surface area contributed by atoms with E-state index in [1.165, 1.54) is 0 Å². The molecule has 0 spiro atoms. The van der Waals surface area contributed by atoms with E-state index >= 15 is 0 Å². The highest BCUT2D eigenvalue weighted by Crippen LogP contribution is 2.28. The van der Waals surface area contributed by atoms with Gasteiger partial charge >= 0.3 is 6.09 Å². The summed E-state index contributed by atoms with van der Waals surface area (Å²) in [6, 6.07) is -0.490. The minimum absolute atomic E-state index is 0.0562. The summed E-state index contributed by atoms with van der Waals surface area (Å²) in [7, 11) is 0. The lowest BCUT2D eigenvalue weighted by molar-refractivity contribution is -0.131. The van der Waals surface area contributed by atoms with Crippen LogP contribution in [0.15, 0.2) is 0 Å². The van der Waals surface area contributed by atoms with Crippen LogP contribution in [-0.2, 0) is 19.1 Å². The molecule has 0 aromatic carbocycles. The first kappa shape index (κ1) is 27.4. The van der Waals surface area contributed by atoms with E-state index in [0.29, 0.717) is 25.8 Å². The number of alkyl carbamates (subject to hydrolysis) is 1. The fraction of sp³-hybridized carbons (Fsp3) is 0.792. The molecule has 2 fully saturated rings. The lowest BCUT2D eigenvalue weighted by Crippen LogP contribution is -2.55. The lowest BCUT2D eigenvalue weighted by atomic mass is 9.85. The number of hydrogen-bond acceptors (Lipinski definition) is 6. The van der Waals surface area contributed by atoms with Crippen molar-refractivity contribution in [2.45, 2.75) is 96.9 Å². The van der Waals surface area contributed by atoms with Gasteiger partial charge < -0.3 is 26.0 Å². The van der Waals surface area contributed by atoms with Crippen LogP contribution in [0.3, 0.4) is 0 Å². The summed E-state index contributed by atoms with van der Waals surface area (Å²) in [5.41, 5.74) is -0.717. The van der Waals surface area contributed by atoms with Crippen LogP contribution >= 0.6 is 0 Å². The second-order valence-corrected chi connectivity index (χ2v) is 10.7. The minimum atomic E-state index is -0.873. The van der Waals surface area contributed by atoms with Crippen LogP contribution in [0.4, 0.5) is 4.79 Å². The Morgan fingerprint density at radius 1 is 1.12 bits per heavy atom. The van der Waals surface area contributed by atoms with E-state index in [0.717, 1.165) is 12.8 Å². The average molecular weight is 478 g/mol. The van der Waals surface area contributed by atoms with E-state index in [1.807, 2.05) is 13.8 Å². The molecular formula is C24H39N5O5. The number of carbonyl (C=O) groups is 4. The number of rotatable bonds is 3. The number of carbonyl (C=O) groups excluding carboxylic acids is 4. The molecule has 34 heavy (non-hydrogen) atoms. The van der Waals surface area contributed by atoms with Crippen molar-refractivity contribution in [1.82, 2.24) is 21.3 Å². The number of nitrogens with one attached hydrogen (secondary N) is 4. The molecule has 0 unspecified atom stereocenters. The van der Waals surface area contributed by atoms with Crippen molar-refractivity contribution in [2.24, 2.45) is 17.8 Å². The molecule has 4 amide bonds. The van der Waals surface area contributed by atoms with E-state index in [2.05, 4.69) is 27.3 Å². The standard InChI is InChI=1S/C24H39N5O5/c1-14(2)10-19-22(32)27-16(12-25)11-17-15(13-26-20(17)30)8-6-7-9-18(21(31)28-19)29-23(33)34-24(3,4)5/h14-19H,6-11,13H2,1-5H3,(H,26,30)(H,27,32)(H,28,31)(H,29,33)/t15-,16-,17-,18-,19-/m0/s1. The average Bonchev–Trinajstić information content (AvgIpc) is 3.06. The van der Waals surface area contributed by atoms with Gasteiger partial charge in [0.05, 0.1) is 6.07 Å². The number of fused-ring (bicyclic) bond motifs is 1. The van der Waals surface area contributed by atoms with Gasteiger partial charge in [-0.15, -0.1) is 0 Å². The summed E-state index contributed by atoms with van der Waals surface area (Å²) in [6.07, 6.45) is 2.43. The first-order chi connectivity index (χ1) is 15.9. The van der Waals surface area contributed by atoms with Crippen molar-refractivity contribution in [3.63, 3.8) is 0 Å². The zero-order valence-electron chi connectivity index (χ0n) is 20.9. The molecule has 2 heterocycles. The quantitative estimate of drug-likeness (QED) is 0.486. The third-order valence-corrected chi connectivity index (χ3v) is 6.07. The number of amides is 4. The lowest BCUT2D eigenvalue weighted by Gasteiger charge is -2.27. The van der Waals surface area contributed by atoms with Gasteiger partial charge in [-0.25, -0.2) is 4.79 Å². The highest BCUT2D eigenvalue weighted by Gasteiger charge is 2.37. The fourth-order valence-corrected chi connectivity index (χ4v) is 4.44. The molecule has 0 bridgehead atoms. The number of hydrogen-bond donors (Lipinski definition) is 4. The zero-order valence-corrected chi connectivity index (χ0v) is 20.9. The maximum atomic E-state index is 13.1. The molecule has 5 atom stereocenters. The Bertz CT molecular complexity index is 801. The van der Waals surface area contributed by atoms with Gasteiger partial charge in [-0.1, -0.05) is 26.7 Å². The Morgan fingerprint density at radius 3 is 2.41 bits per heavy atom. The van der Waals surface area contributed by atoms with Crippen LogP contribution in [0.25, 0.3) is 0 Å². The van der Waals surface area contributed by atoms with E-state index in [4.69, 9.17) is 4.74 Å². The van der Waals surface area contributed by atoms with E-state index < -0.39 is 41.6 Å². The molecular weight excluding hydrogens is 438 g/mol. The Balaban J connectivity index is 2.26. The smallest absolute Gasteiger partial charge is 0.408 e. The molecule has 0 aliphatic carbocycles. The van der Waals surface area contributed by atoms with E-state index in [9.17, 15) is 24.4 Å². The summed E-state index contributed by atoms with van der Waals surface area (Å²) >= 11 is 0. The van der Waals surface area contributed by atoms with Gasteiger partial charge in [0.2, 0.25) is 17.7 Å². The minimum Gasteiger partial charge on any atom is -0.444 e. The highest BCUT2D eigenvalue weighted by molar-refractivity contribution is 5.91. The van der Waals surface area contributed by atoms with Crippen LogP contribution in [-0.4, -0.2) is 54.1 Å². The van der Waals surface area contributed by atoms with Crippen molar-refractivity contribution < 1.29 is 23.9 Å². The zero-order chi connectivity index (χ0) is 25.5. The molecule has 2 aliphatic rings. The maximum absolute atomic E-state index is 13.1. The van der Waals surface area contributed by atoms with Gasteiger partial charge in [0.15, 0.2) is 0 Å². The molecule has 2 saturated heterocycles. The van der Waals surface area contributed by atoms with Gasteiger partial charge in [0.25, 0.3) is 0 Å². The van der Waals surface area contributed by atoms with Gasteiger partial charge in [0, 0.05) is 12.5 Å². The monoisotopic (exact) mass is 477 g/mol. The van der Waals surface area contributed by atoms with Gasteiger partial charge in [-0.05, 0) is 58.3 Å². The van der Waals surface area contributed by atoms with Crippen LogP contribution < -0.4 is 21.3 Å². The fourth-order valence-electron chi connectivity index (χ4n) is 4.44. The van der Waals surface area contributed by atoms with Crippen LogP contribution in [0.1, 0.15) is 73.1 Å². The second-order valence-electron chi connectivity index (χ2n) is 10.7. The summed E-state index contributed by atoms with van der Waals surface area (Å²) in [5.74, 6) is -1.23. The van der Waals surface area contributed by atoms with Crippen LogP contribution in [0.5, 0.6) is 0 Å². The van der Waals surface area contributed by atoms with E-state index in [-0.39, 0.29) is 30.1 Å². The molecule has 0 radical (unpaired) electrons. The molecule has 10 nitrogen and oxygen atoms in total. The molecule has 2 aliphatic heterocycles. The Hall–Kier alpha value is -2.83. The number of nitriles is 1. The van der Waals surface area contributed by atoms with Gasteiger partial charge in [0.1, 0.15) is 23.7 Å². The third-order valence-electron chi connectivity index (χ3n) is 6.07. The van der Waals surface area contributed by atoms with Crippen molar-refractivity contribution in [3.05, 3.63) is 0 Å². The molecule has 190 valence electrons. The predicted octanol–water partition coefficient (Wildman–Crippen LogP) is 1.75. The summed E-state index contributed by atoms with van der Waals surface area (Å²) in [4.78, 5) is 50.9. The molecule has 0 saturated carbocycles. The van der Waals surface area contributed by atoms with Crippen LogP contribution in [0.2, 0.25) is 0 Å². The number of nitrogens with zero attached hydrogens (tertiary/aromatic N) is 1. The Morgan fingerprint density at radius 2 is 1.79 bits per heavy atom. The summed E-state index contributed by atoms with van der Waals surface area (Å²) in [6.45, 7) is 9.60. The third kappa shape index (κ3) is 8.50. The Kier molecular flexibility index (Phi) is 9.71. The van der Waals surface area contributed by atoms with Crippen molar-refractivity contribution in [2.75, 3.05) is 6.54 Å². The molecule has 10 heteroatoms. The largest absolute Gasteiger partial charge is 0.444 e. The predicted molar refractivity (Wildman–Crippen MR) is 125 cm³/mol. The van der Waals surface area contributed by atoms with Gasteiger partial charge in [-0.2, -0.15) is 5.26 Å². The molecule has 4 N–H and O–H groups in total. The van der Waals surface area contributed by atoms with Crippen LogP contribution in [0, 0.1) is 29.1 Å². The Labute approximate surface area is 201 Å². The van der Waals surface area contributed by atoms with Gasteiger partial charge in [-0.3, -0.25) is 14.4 Å². The molecule has 2 rings (SSSR count). The van der Waals surface area contributed by atoms with Crippen molar-refractivity contribution >= 4 is 23.8 Å². The topological polar surface area (TPSA) is 149 Å². The highest BCUT2D eigenvalue weighted by atomic mass is 16.6. The van der Waals surface area contributed by atoms with E-state index in [1.54, 1.807) is 20.8 Å². The summed E-state index contributed by atoms with van der Waals surface area (Å²) in [5, 5.41) is 20.6. The summed E-state index contributed by atoms with van der Waals surface area (Å²) < 4.78 is 5.32. The van der Waals surface area contributed by atoms with Crippen molar-refractivity contribution in [1.29, 1.82) is 5.26 Å².